The molecule has 0 spiro atoms. The van der Waals surface area contributed by atoms with Crippen LogP contribution in [0.4, 0.5) is 5.69 Å². The minimum atomic E-state index is -0.317. The van der Waals surface area contributed by atoms with Gasteiger partial charge in [0, 0.05) is 18.7 Å². The summed E-state index contributed by atoms with van der Waals surface area (Å²) >= 11 is 1.33. The van der Waals surface area contributed by atoms with Crippen LogP contribution in [-0.2, 0) is 20.7 Å². The Kier molecular flexibility index (Phi) is 9.07. The van der Waals surface area contributed by atoms with E-state index in [2.05, 4.69) is 15.4 Å². The molecule has 0 aliphatic heterocycles. The van der Waals surface area contributed by atoms with Gasteiger partial charge in [0.1, 0.15) is 0 Å². The topological polar surface area (TPSA) is 84.5 Å². The van der Waals surface area contributed by atoms with Gasteiger partial charge in [0.25, 0.3) is 5.91 Å². The predicted molar refractivity (Wildman–Crippen MR) is 112 cm³/mol. The van der Waals surface area contributed by atoms with Gasteiger partial charge in [0.2, 0.25) is 5.91 Å². The fourth-order valence-electron chi connectivity index (χ4n) is 2.44. The molecule has 28 heavy (non-hydrogen) atoms. The van der Waals surface area contributed by atoms with Crippen molar-refractivity contribution in [3.8, 4) is 0 Å². The van der Waals surface area contributed by atoms with Crippen molar-refractivity contribution in [2.45, 2.75) is 12.8 Å². The Balaban J connectivity index is 1.83. The van der Waals surface area contributed by atoms with Crippen LogP contribution in [0.3, 0.4) is 0 Å². The lowest BCUT2D eigenvalue weighted by Gasteiger charge is -2.11. The molecule has 0 radical (unpaired) electrons. The number of benzene rings is 2. The van der Waals surface area contributed by atoms with E-state index < -0.39 is 0 Å². The number of carbonyl (C=O) groups is 3. The SMILES string of the molecule is COC(=O)CSCCC(=O)Nc1ccccc1C(=O)NCCc1ccccc1. The number of nitrogens with one attached hydrogen (secondary N) is 2. The van der Waals surface area contributed by atoms with Crippen molar-refractivity contribution >= 4 is 35.2 Å². The lowest BCUT2D eigenvalue weighted by atomic mass is 10.1. The Morgan fingerprint density at radius 2 is 1.71 bits per heavy atom. The van der Waals surface area contributed by atoms with Crippen LogP contribution < -0.4 is 10.6 Å². The summed E-state index contributed by atoms with van der Waals surface area (Å²) in [7, 11) is 1.33. The molecule has 2 rings (SSSR count). The summed E-state index contributed by atoms with van der Waals surface area (Å²) in [5.41, 5.74) is 2.04. The van der Waals surface area contributed by atoms with E-state index in [0.717, 1.165) is 12.0 Å². The molecule has 0 aromatic heterocycles. The van der Waals surface area contributed by atoms with Crippen LogP contribution in [0.1, 0.15) is 22.3 Å². The molecule has 7 heteroatoms. The van der Waals surface area contributed by atoms with E-state index in [1.54, 1.807) is 24.3 Å². The zero-order valence-electron chi connectivity index (χ0n) is 15.8. The third-order valence-electron chi connectivity index (χ3n) is 3.91. The average molecular weight is 401 g/mol. The number of ether oxygens (including phenoxy) is 1. The quantitative estimate of drug-likeness (QED) is 0.473. The van der Waals surface area contributed by atoms with Gasteiger partial charge in [-0.15, -0.1) is 11.8 Å². The predicted octanol–water partition coefficient (Wildman–Crippen LogP) is 2.89. The normalized spacial score (nSPS) is 10.2. The van der Waals surface area contributed by atoms with Gasteiger partial charge in [-0.1, -0.05) is 42.5 Å². The summed E-state index contributed by atoms with van der Waals surface area (Å²) in [6, 6.07) is 16.8. The standard InChI is InChI=1S/C21H24N2O4S/c1-27-20(25)15-28-14-12-19(24)23-18-10-6-5-9-17(18)21(26)22-13-11-16-7-3-2-4-8-16/h2-10H,11-15H2,1H3,(H,22,26)(H,23,24). The number of amides is 2. The second-order valence-corrected chi connectivity index (χ2v) is 7.07. The summed E-state index contributed by atoms with van der Waals surface area (Å²) in [5, 5.41) is 5.66. The van der Waals surface area contributed by atoms with Gasteiger partial charge in [-0.25, -0.2) is 0 Å². The zero-order valence-corrected chi connectivity index (χ0v) is 16.6. The number of thioether (sulfide) groups is 1. The Hall–Kier alpha value is -2.80. The molecule has 2 aromatic rings. The monoisotopic (exact) mass is 400 g/mol. The molecule has 2 amide bonds. The highest BCUT2D eigenvalue weighted by molar-refractivity contribution is 7.99. The fraction of sp³-hybridized carbons (Fsp3) is 0.286. The van der Waals surface area contributed by atoms with Crippen LogP contribution in [0.15, 0.2) is 54.6 Å². The summed E-state index contributed by atoms with van der Waals surface area (Å²) in [4.78, 5) is 35.7. The second-order valence-electron chi connectivity index (χ2n) is 5.96. The van der Waals surface area contributed by atoms with Crippen molar-refractivity contribution in [3.05, 3.63) is 65.7 Å². The van der Waals surface area contributed by atoms with Crippen molar-refractivity contribution in [1.29, 1.82) is 0 Å². The molecule has 0 atom stereocenters. The Labute approximate surface area is 169 Å². The minimum absolute atomic E-state index is 0.207. The number of hydrogen-bond donors (Lipinski definition) is 2. The summed E-state index contributed by atoms with van der Waals surface area (Å²) in [6.45, 7) is 0.509. The van der Waals surface area contributed by atoms with Gasteiger partial charge in [0.15, 0.2) is 0 Å². The first-order valence-electron chi connectivity index (χ1n) is 8.95. The maximum atomic E-state index is 12.5. The first-order chi connectivity index (χ1) is 13.6. The molecule has 0 bridgehead atoms. The van der Waals surface area contributed by atoms with Gasteiger partial charge in [-0.05, 0) is 24.1 Å². The Bertz CT molecular complexity index is 796. The van der Waals surface area contributed by atoms with E-state index in [9.17, 15) is 14.4 Å². The smallest absolute Gasteiger partial charge is 0.315 e. The summed E-state index contributed by atoms with van der Waals surface area (Å²) < 4.78 is 4.55. The van der Waals surface area contributed by atoms with Crippen molar-refractivity contribution in [3.63, 3.8) is 0 Å². The molecule has 0 saturated heterocycles. The highest BCUT2D eigenvalue weighted by Crippen LogP contribution is 2.16. The van der Waals surface area contributed by atoms with Gasteiger partial charge in [0.05, 0.1) is 24.1 Å². The average Bonchev–Trinajstić information content (AvgIpc) is 2.72. The van der Waals surface area contributed by atoms with Crippen LogP contribution in [0, 0.1) is 0 Å². The molecule has 2 N–H and O–H groups in total. The third kappa shape index (κ3) is 7.44. The molecule has 0 fully saturated rings. The number of methoxy groups -OCH3 is 1. The Morgan fingerprint density at radius 1 is 1.00 bits per heavy atom. The second kappa shape index (κ2) is 11.8. The maximum Gasteiger partial charge on any atom is 0.315 e. The van der Waals surface area contributed by atoms with Crippen molar-refractivity contribution in [1.82, 2.24) is 5.32 Å². The molecule has 0 saturated carbocycles. The van der Waals surface area contributed by atoms with Crippen LogP contribution in [0.5, 0.6) is 0 Å². The van der Waals surface area contributed by atoms with Crippen molar-refractivity contribution in [2.75, 3.05) is 30.5 Å². The molecular formula is C21H24N2O4S. The lowest BCUT2D eigenvalue weighted by Crippen LogP contribution is -2.27. The zero-order chi connectivity index (χ0) is 20.2. The lowest BCUT2D eigenvalue weighted by molar-refractivity contribution is -0.137. The number of anilines is 1. The van der Waals surface area contributed by atoms with E-state index in [4.69, 9.17) is 0 Å². The number of rotatable bonds is 10. The number of carbonyl (C=O) groups excluding carboxylic acids is 3. The molecule has 0 aliphatic rings. The van der Waals surface area contributed by atoms with E-state index in [0.29, 0.717) is 23.5 Å². The molecule has 0 aliphatic carbocycles. The van der Waals surface area contributed by atoms with Gasteiger partial charge in [-0.3, -0.25) is 14.4 Å². The molecule has 2 aromatic carbocycles. The molecule has 6 nitrogen and oxygen atoms in total. The molecule has 0 unspecified atom stereocenters. The van der Waals surface area contributed by atoms with E-state index in [1.165, 1.54) is 18.9 Å². The minimum Gasteiger partial charge on any atom is -0.468 e. The molecule has 148 valence electrons. The Morgan fingerprint density at radius 3 is 2.46 bits per heavy atom. The summed E-state index contributed by atoms with van der Waals surface area (Å²) in [6.07, 6.45) is 0.976. The van der Waals surface area contributed by atoms with Crippen LogP contribution in [-0.4, -0.2) is 42.9 Å². The largest absolute Gasteiger partial charge is 0.468 e. The molecular weight excluding hydrogens is 376 g/mol. The van der Waals surface area contributed by atoms with Crippen LogP contribution in [0.25, 0.3) is 0 Å². The number of para-hydroxylation sites is 1. The van der Waals surface area contributed by atoms with Crippen molar-refractivity contribution in [2.24, 2.45) is 0 Å². The van der Waals surface area contributed by atoms with Gasteiger partial charge < -0.3 is 15.4 Å². The van der Waals surface area contributed by atoms with E-state index in [-0.39, 0.29) is 30.0 Å². The van der Waals surface area contributed by atoms with Crippen molar-refractivity contribution < 1.29 is 19.1 Å². The maximum absolute atomic E-state index is 12.5. The number of esters is 1. The molecule has 0 heterocycles. The van der Waals surface area contributed by atoms with Gasteiger partial charge in [-0.2, -0.15) is 0 Å². The fourth-order valence-corrected chi connectivity index (χ4v) is 3.20. The summed E-state index contributed by atoms with van der Waals surface area (Å²) in [5.74, 6) is -0.0481. The van der Waals surface area contributed by atoms with E-state index in [1.807, 2.05) is 30.3 Å². The van der Waals surface area contributed by atoms with Gasteiger partial charge >= 0.3 is 5.97 Å². The number of hydrogen-bond acceptors (Lipinski definition) is 5. The van der Waals surface area contributed by atoms with E-state index >= 15 is 0 Å². The highest BCUT2D eigenvalue weighted by Gasteiger charge is 2.13. The first-order valence-corrected chi connectivity index (χ1v) is 10.1. The highest BCUT2D eigenvalue weighted by atomic mass is 32.2. The third-order valence-corrected chi connectivity index (χ3v) is 4.84. The first kappa shape index (κ1) is 21.5. The van der Waals surface area contributed by atoms with Crippen LogP contribution in [0.2, 0.25) is 0 Å². The van der Waals surface area contributed by atoms with Crippen LogP contribution >= 0.6 is 11.8 Å².